The average molecular weight is 453 g/mol. The number of halogens is 3. The molecule has 2 rings (SSSR count). The average Bonchev–Trinajstić information content (AvgIpc) is 2.90. The third kappa shape index (κ3) is 5.84. The molecule has 0 aromatic heterocycles. The van der Waals surface area contributed by atoms with Crippen LogP contribution < -0.4 is 10.6 Å². The molecule has 0 bridgehead atoms. The highest BCUT2D eigenvalue weighted by Crippen LogP contribution is 2.25. The second kappa shape index (κ2) is 10.1. The monoisotopic (exact) mass is 453 g/mol. The molecule has 0 aliphatic heterocycles. The summed E-state index contributed by atoms with van der Waals surface area (Å²) in [7, 11) is 0. The molecule has 3 N–H and O–H groups in total. The van der Waals surface area contributed by atoms with Gasteiger partial charge in [-0.1, -0.05) is 12.5 Å². The zero-order chi connectivity index (χ0) is 16.8. The van der Waals surface area contributed by atoms with Crippen molar-refractivity contribution in [1.29, 1.82) is 0 Å². The number of aliphatic hydroxyl groups excluding tert-OH is 1. The standard InChI is InChI=1S/C17H25F2N3O.HI/c1-3-20-17(21-10-12-5-4-6-16(12)23)22-11(2)14-8-7-13(18)9-15(14)19;/h7-9,11-12,16,23H,3-6,10H2,1-2H3,(H2,20,21,22);1H. The minimum absolute atomic E-state index is 0. The maximum Gasteiger partial charge on any atom is 0.191 e. The lowest BCUT2D eigenvalue weighted by Crippen LogP contribution is -2.39. The smallest absolute Gasteiger partial charge is 0.191 e. The summed E-state index contributed by atoms with van der Waals surface area (Å²) in [4.78, 5) is 4.50. The van der Waals surface area contributed by atoms with Gasteiger partial charge in [-0.3, -0.25) is 4.99 Å². The van der Waals surface area contributed by atoms with Crippen LogP contribution in [0.1, 0.15) is 44.7 Å². The summed E-state index contributed by atoms with van der Waals surface area (Å²) >= 11 is 0. The van der Waals surface area contributed by atoms with Gasteiger partial charge in [0.05, 0.1) is 12.1 Å². The van der Waals surface area contributed by atoms with Crippen molar-refractivity contribution >= 4 is 29.9 Å². The lowest BCUT2D eigenvalue weighted by Gasteiger charge is -2.20. The summed E-state index contributed by atoms with van der Waals surface area (Å²) < 4.78 is 26.9. The van der Waals surface area contributed by atoms with Crippen molar-refractivity contribution in [1.82, 2.24) is 10.6 Å². The van der Waals surface area contributed by atoms with Crippen molar-refractivity contribution in [2.45, 2.75) is 45.3 Å². The molecule has 1 saturated carbocycles. The van der Waals surface area contributed by atoms with Gasteiger partial charge in [0.1, 0.15) is 11.6 Å². The number of hydrogen-bond donors (Lipinski definition) is 3. The molecule has 0 radical (unpaired) electrons. The molecule has 1 aromatic rings. The molecule has 4 nitrogen and oxygen atoms in total. The number of aliphatic imine (C=N–C) groups is 1. The maximum atomic E-state index is 13.8. The van der Waals surface area contributed by atoms with Crippen LogP contribution in [0.25, 0.3) is 0 Å². The Labute approximate surface area is 159 Å². The van der Waals surface area contributed by atoms with Gasteiger partial charge in [-0.15, -0.1) is 24.0 Å². The predicted octanol–water partition coefficient (Wildman–Crippen LogP) is 3.36. The normalized spacial score (nSPS) is 22.0. The first-order chi connectivity index (χ1) is 11.0. The molecule has 24 heavy (non-hydrogen) atoms. The molecule has 0 amide bonds. The molecule has 136 valence electrons. The van der Waals surface area contributed by atoms with E-state index in [1.165, 1.54) is 12.1 Å². The van der Waals surface area contributed by atoms with Gasteiger partial charge in [-0.2, -0.15) is 0 Å². The van der Waals surface area contributed by atoms with Crippen LogP contribution in [0.5, 0.6) is 0 Å². The lowest BCUT2D eigenvalue weighted by atomic mass is 10.1. The molecule has 3 unspecified atom stereocenters. The van der Waals surface area contributed by atoms with Crippen molar-refractivity contribution in [3.05, 3.63) is 35.4 Å². The van der Waals surface area contributed by atoms with Gasteiger partial charge in [0.15, 0.2) is 5.96 Å². The van der Waals surface area contributed by atoms with E-state index in [4.69, 9.17) is 0 Å². The van der Waals surface area contributed by atoms with Crippen molar-refractivity contribution in [2.75, 3.05) is 13.1 Å². The Balaban J connectivity index is 0.00000288. The topological polar surface area (TPSA) is 56.7 Å². The van der Waals surface area contributed by atoms with Gasteiger partial charge in [0, 0.05) is 30.6 Å². The Morgan fingerprint density at radius 3 is 2.71 bits per heavy atom. The van der Waals surface area contributed by atoms with Crippen LogP contribution in [0.3, 0.4) is 0 Å². The number of nitrogens with zero attached hydrogens (tertiary/aromatic N) is 1. The number of hydrogen-bond acceptors (Lipinski definition) is 2. The summed E-state index contributed by atoms with van der Waals surface area (Å²) in [6.45, 7) is 4.96. The largest absolute Gasteiger partial charge is 0.393 e. The summed E-state index contributed by atoms with van der Waals surface area (Å²) in [5.41, 5.74) is 0.387. The van der Waals surface area contributed by atoms with E-state index >= 15 is 0 Å². The highest BCUT2D eigenvalue weighted by atomic mass is 127. The van der Waals surface area contributed by atoms with Crippen LogP contribution in [0, 0.1) is 17.6 Å². The molecule has 1 aromatic carbocycles. The highest BCUT2D eigenvalue weighted by molar-refractivity contribution is 14.0. The fraction of sp³-hybridized carbons (Fsp3) is 0.588. The fourth-order valence-electron chi connectivity index (χ4n) is 2.89. The Bertz CT molecular complexity index is 557. The second-order valence-electron chi connectivity index (χ2n) is 6.01. The van der Waals surface area contributed by atoms with Gasteiger partial charge in [0.25, 0.3) is 0 Å². The van der Waals surface area contributed by atoms with E-state index in [2.05, 4.69) is 15.6 Å². The fourth-order valence-corrected chi connectivity index (χ4v) is 2.89. The first-order valence-corrected chi connectivity index (χ1v) is 8.19. The lowest BCUT2D eigenvalue weighted by molar-refractivity contribution is 0.136. The van der Waals surface area contributed by atoms with Crippen LogP contribution in [0.4, 0.5) is 8.78 Å². The molecule has 1 fully saturated rings. The van der Waals surface area contributed by atoms with E-state index in [0.717, 1.165) is 25.3 Å². The van der Waals surface area contributed by atoms with Crippen molar-refractivity contribution in [2.24, 2.45) is 10.9 Å². The highest BCUT2D eigenvalue weighted by Gasteiger charge is 2.25. The minimum atomic E-state index is -0.589. The van der Waals surface area contributed by atoms with Gasteiger partial charge >= 0.3 is 0 Å². The minimum Gasteiger partial charge on any atom is -0.393 e. The SMILES string of the molecule is CCNC(=NCC1CCCC1O)NC(C)c1ccc(F)cc1F.I. The molecular weight excluding hydrogens is 427 g/mol. The van der Waals surface area contributed by atoms with Crippen LogP contribution in [-0.4, -0.2) is 30.3 Å². The zero-order valence-electron chi connectivity index (χ0n) is 14.1. The number of benzene rings is 1. The second-order valence-corrected chi connectivity index (χ2v) is 6.01. The molecule has 1 aliphatic rings. The number of rotatable bonds is 5. The van der Waals surface area contributed by atoms with Gasteiger partial charge in [-0.05, 0) is 32.8 Å². The van der Waals surface area contributed by atoms with E-state index < -0.39 is 11.6 Å². The van der Waals surface area contributed by atoms with E-state index in [9.17, 15) is 13.9 Å². The third-order valence-electron chi connectivity index (χ3n) is 4.23. The Morgan fingerprint density at radius 1 is 1.38 bits per heavy atom. The first kappa shape index (κ1) is 21.1. The summed E-state index contributed by atoms with van der Waals surface area (Å²) in [5, 5.41) is 16.1. The van der Waals surface area contributed by atoms with Crippen molar-refractivity contribution in [3.63, 3.8) is 0 Å². The Kier molecular flexibility index (Phi) is 8.90. The molecule has 3 atom stereocenters. The molecule has 0 spiro atoms. The maximum absolute atomic E-state index is 13.8. The summed E-state index contributed by atoms with van der Waals surface area (Å²) in [6, 6.07) is 3.22. The zero-order valence-corrected chi connectivity index (χ0v) is 16.4. The molecule has 0 saturated heterocycles. The third-order valence-corrected chi connectivity index (χ3v) is 4.23. The van der Waals surface area contributed by atoms with E-state index in [-0.39, 0.29) is 42.0 Å². The van der Waals surface area contributed by atoms with Crippen LogP contribution >= 0.6 is 24.0 Å². The van der Waals surface area contributed by atoms with Gasteiger partial charge in [-0.25, -0.2) is 8.78 Å². The molecule has 0 heterocycles. The van der Waals surface area contributed by atoms with Crippen molar-refractivity contribution < 1.29 is 13.9 Å². The van der Waals surface area contributed by atoms with Crippen LogP contribution in [0.2, 0.25) is 0 Å². The molecule has 1 aliphatic carbocycles. The van der Waals surface area contributed by atoms with E-state index in [0.29, 0.717) is 24.6 Å². The summed E-state index contributed by atoms with van der Waals surface area (Å²) in [6.07, 6.45) is 2.56. The molecule has 7 heteroatoms. The number of nitrogens with one attached hydrogen (secondary N) is 2. The Hall–Kier alpha value is -0.960. The van der Waals surface area contributed by atoms with E-state index in [1.807, 2.05) is 6.92 Å². The summed E-state index contributed by atoms with van der Waals surface area (Å²) in [5.74, 6) is -0.410. The Morgan fingerprint density at radius 2 is 2.12 bits per heavy atom. The number of aliphatic hydroxyl groups is 1. The van der Waals surface area contributed by atoms with E-state index in [1.54, 1.807) is 6.92 Å². The van der Waals surface area contributed by atoms with Crippen LogP contribution in [0.15, 0.2) is 23.2 Å². The predicted molar refractivity (Wildman–Crippen MR) is 103 cm³/mol. The first-order valence-electron chi connectivity index (χ1n) is 8.19. The van der Waals surface area contributed by atoms with Crippen molar-refractivity contribution in [3.8, 4) is 0 Å². The molecular formula is C17H26F2IN3O. The van der Waals surface area contributed by atoms with Crippen LogP contribution in [-0.2, 0) is 0 Å². The van der Waals surface area contributed by atoms with Gasteiger partial charge < -0.3 is 15.7 Å². The van der Waals surface area contributed by atoms with Gasteiger partial charge in [0.2, 0.25) is 0 Å². The quantitative estimate of drug-likeness (QED) is 0.364. The number of guanidine groups is 1.